The van der Waals surface area contributed by atoms with Crippen molar-refractivity contribution in [1.82, 2.24) is 10.3 Å². The molecule has 0 spiro atoms. The number of hydrogen-bond donors (Lipinski definition) is 1. The predicted molar refractivity (Wildman–Crippen MR) is 73.2 cm³/mol. The Bertz CT molecular complexity index is 561. The van der Waals surface area contributed by atoms with E-state index < -0.39 is 12.3 Å². The molecular formula is C15H17FN2O. The maximum atomic E-state index is 13.9. The van der Waals surface area contributed by atoms with E-state index in [2.05, 4.69) is 10.3 Å². The second-order valence-electron chi connectivity index (χ2n) is 4.84. The SMILES string of the molecule is FC1CCNCCC1Oc1ccc2ccccc2n1. The Balaban J connectivity index is 1.80. The van der Waals surface area contributed by atoms with Gasteiger partial charge in [0.05, 0.1) is 5.52 Å². The molecule has 1 fully saturated rings. The van der Waals surface area contributed by atoms with Crippen molar-refractivity contribution in [3.63, 3.8) is 0 Å². The Morgan fingerprint density at radius 2 is 1.95 bits per heavy atom. The Hall–Kier alpha value is -1.68. The zero-order valence-corrected chi connectivity index (χ0v) is 10.7. The highest BCUT2D eigenvalue weighted by Crippen LogP contribution is 2.21. The number of benzene rings is 1. The molecule has 1 aliphatic heterocycles. The first kappa shape index (κ1) is 12.4. The van der Waals surface area contributed by atoms with Gasteiger partial charge in [-0.05, 0) is 38.1 Å². The third-order valence-corrected chi connectivity index (χ3v) is 3.45. The number of halogens is 1. The average molecular weight is 260 g/mol. The largest absolute Gasteiger partial charge is 0.471 e. The third kappa shape index (κ3) is 2.84. The van der Waals surface area contributed by atoms with E-state index in [1.807, 2.05) is 36.4 Å². The predicted octanol–water partition coefficient (Wildman–Crippen LogP) is 2.70. The molecule has 1 saturated heterocycles. The lowest BCUT2D eigenvalue weighted by Crippen LogP contribution is -2.28. The van der Waals surface area contributed by atoms with Gasteiger partial charge in [0.15, 0.2) is 0 Å². The fourth-order valence-electron chi connectivity index (χ4n) is 2.38. The summed E-state index contributed by atoms with van der Waals surface area (Å²) in [4.78, 5) is 4.43. The highest BCUT2D eigenvalue weighted by molar-refractivity contribution is 5.78. The molecule has 0 aliphatic carbocycles. The van der Waals surface area contributed by atoms with Crippen LogP contribution in [0.3, 0.4) is 0 Å². The van der Waals surface area contributed by atoms with Gasteiger partial charge in [0, 0.05) is 11.5 Å². The van der Waals surface area contributed by atoms with Crippen LogP contribution in [0.25, 0.3) is 10.9 Å². The van der Waals surface area contributed by atoms with Crippen LogP contribution < -0.4 is 10.1 Å². The first-order valence-electron chi connectivity index (χ1n) is 6.70. The quantitative estimate of drug-likeness (QED) is 0.901. The van der Waals surface area contributed by atoms with Crippen molar-refractivity contribution in [1.29, 1.82) is 0 Å². The van der Waals surface area contributed by atoms with Gasteiger partial charge in [0.25, 0.3) is 0 Å². The summed E-state index contributed by atoms with van der Waals surface area (Å²) in [5.41, 5.74) is 0.877. The third-order valence-electron chi connectivity index (χ3n) is 3.45. The van der Waals surface area contributed by atoms with Crippen LogP contribution in [-0.4, -0.2) is 30.3 Å². The minimum absolute atomic E-state index is 0.399. The maximum absolute atomic E-state index is 13.9. The lowest BCUT2D eigenvalue weighted by Gasteiger charge is -2.19. The van der Waals surface area contributed by atoms with Gasteiger partial charge in [0.2, 0.25) is 5.88 Å². The molecule has 1 N–H and O–H groups in total. The summed E-state index contributed by atoms with van der Waals surface area (Å²) >= 11 is 0. The number of fused-ring (bicyclic) bond motifs is 1. The average Bonchev–Trinajstić information content (AvgIpc) is 2.64. The number of ether oxygens (including phenoxy) is 1. The molecule has 2 aromatic rings. The van der Waals surface area contributed by atoms with Crippen molar-refractivity contribution in [3.05, 3.63) is 36.4 Å². The van der Waals surface area contributed by atoms with Gasteiger partial charge in [0.1, 0.15) is 12.3 Å². The van der Waals surface area contributed by atoms with Gasteiger partial charge in [-0.3, -0.25) is 0 Å². The number of hydrogen-bond acceptors (Lipinski definition) is 3. The van der Waals surface area contributed by atoms with E-state index in [1.165, 1.54) is 0 Å². The lowest BCUT2D eigenvalue weighted by molar-refractivity contribution is 0.0930. The van der Waals surface area contributed by atoms with Crippen LogP contribution in [0, 0.1) is 0 Å². The van der Waals surface area contributed by atoms with Crippen LogP contribution in [0.2, 0.25) is 0 Å². The fraction of sp³-hybridized carbons (Fsp3) is 0.400. The Labute approximate surface area is 111 Å². The van der Waals surface area contributed by atoms with Crippen LogP contribution >= 0.6 is 0 Å². The zero-order valence-electron chi connectivity index (χ0n) is 10.7. The van der Waals surface area contributed by atoms with Crippen molar-refractivity contribution >= 4 is 10.9 Å². The fourth-order valence-corrected chi connectivity index (χ4v) is 2.38. The number of aromatic nitrogens is 1. The van der Waals surface area contributed by atoms with Gasteiger partial charge in [-0.25, -0.2) is 9.37 Å². The van der Waals surface area contributed by atoms with E-state index in [0.717, 1.165) is 17.4 Å². The van der Waals surface area contributed by atoms with Crippen molar-refractivity contribution in [2.24, 2.45) is 0 Å². The van der Waals surface area contributed by atoms with Crippen LogP contribution in [0.4, 0.5) is 4.39 Å². The molecule has 3 rings (SSSR count). The molecule has 2 unspecified atom stereocenters. The van der Waals surface area contributed by atoms with Crippen LogP contribution in [0.15, 0.2) is 36.4 Å². The van der Waals surface area contributed by atoms with E-state index in [-0.39, 0.29) is 0 Å². The molecule has 0 amide bonds. The normalized spacial score (nSPS) is 24.1. The standard InChI is InChI=1S/C15H17FN2O/c16-12-7-9-17-10-8-14(12)19-15-6-5-11-3-1-2-4-13(11)18-15/h1-6,12,14,17H,7-10H2. The first-order chi connectivity index (χ1) is 9.33. The van der Waals surface area contributed by atoms with Crippen molar-refractivity contribution in [2.75, 3.05) is 13.1 Å². The minimum atomic E-state index is -0.928. The summed E-state index contributed by atoms with van der Waals surface area (Å²) in [5.74, 6) is 0.508. The molecule has 1 aromatic heterocycles. The van der Waals surface area contributed by atoms with Gasteiger partial charge >= 0.3 is 0 Å². The summed E-state index contributed by atoms with van der Waals surface area (Å²) in [6, 6.07) is 11.6. The smallest absolute Gasteiger partial charge is 0.214 e. The van der Waals surface area contributed by atoms with E-state index in [1.54, 1.807) is 0 Å². The zero-order chi connectivity index (χ0) is 13.1. The molecule has 2 atom stereocenters. The topological polar surface area (TPSA) is 34.1 Å². The first-order valence-corrected chi connectivity index (χ1v) is 6.70. The summed E-state index contributed by atoms with van der Waals surface area (Å²) in [5, 5.41) is 4.25. The van der Waals surface area contributed by atoms with E-state index in [4.69, 9.17) is 4.74 Å². The second-order valence-corrected chi connectivity index (χ2v) is 4.84. The van der Waals surface area contributed by atoms with Crippen LogP contribution in [-0.2, 0) is 0 Å². The molecule has 0 bridgehead atoms. The molecule has 0 radical (unpaired) electrons. The number of alkyl halides is 1. The highest BCUT2D eigenvalue weighted by Gasteiger charge is 2.25. The molecule has 0 saturated carbocycles. The molecule has 19 heavy (non-hydrogen) atoms. The van der Waals surface area contributed by atoms with Gasteiger partial charge < -0.3 is 10.1 Å². The summed E-state index contributed by atoms with van der Waals surface area (Å²) in [6.45, 7) is 1.50. The highest BCUT2D eigenvalue weighted by atomic mass is 19.1. The number of nitrogens with zero attached hydrogens (tertiary/aromatic N) is 1. The number of nitrogens with one attached hydrogen (secondary N) is 1. The Kier molecular flexibility index (Phi) is 3.60. The van der Waals surface area contributed by atoms with E-state index in [9.17, 15) is 4.39 Å². The molecular weight excluding hydrogens is 243 g/mol. The van der Waals surface area contributed by atoms with Gasteiger partial charge in [-0.1, -0.05) is 18.2 Å². The van der Waals surface area contributed by atoms with E-state index >= 15 is 0 Å². The van der Waals surface area contributed by atoms with Crippen molar-refractivity contribution in [3.8, 4) is 5.88 Å². The van der Waals surface area contributed by atoms with Crippen LogP contribution in [0.5, 0.6) is 5.88 Å². The summed E-state index contributed by atoms with van der Waals surface area (Å²) in [7, 11) is 0. The Morgan fingerprint density at radius 3 is 2.89 bits per heavy atom. The number of rotatable bonds is 2. The number of para-hydroxylation sites is 1. The molecule has 4 heteroatoms. The molecule has 100 valence electrons. The van der Waals surface area contributed by atoms with E-state index in [0.29, 0.717) is 25.3 Å². The monoisotopic (exact) mass is 260 g/mol. The van der Waals surface area contributed by atoms with Crippen LogP contribution in [0.1, 0.15) is 12.8 Å². The molecule has 1 aliphatic rings. The summed E-state index contributed by atoms with van der Waals surface area (Å²) in [6.07, 6.45) is -0.152. The molecule has 1 aromatic carbocycles. The van der Waals surface area contributed by atoms with Gasteiger partial charge in [-0.2, -0.15) is 0 Å². The van der Waals surface area contributed by atoms with Crippen molar-refractivity contribution < 1.29 is 9.13 Å². The molecule has 3 nitrogen and oxygen atoms in total. The lowest BCUT2D eigenvalue weighted by atomic mass is 10.1. The Morgan fingerprint density at radius 1 is 1.11 bits per heavy atom. The maximum Gasteiger partial charge on any atom is 0.214 e. The van der Waals surface area contributed by atoms with Crippen molar-refractivity contribution in [2.45, 2.75) is 25.1 Å². The second kappa shape index (κ2) is 5.53. The number of pyridine rings is 1. The van der Waals surface area contributed by atoms with Gasteiger partial charge in [-0.15, -0.1) is 0 Å². The molecule has 2 heterocycles. The summed E-state index contributed by atoms with van der Waals surface area (Å²) < 4.78 is 19.6. The minimum Gasteiger partial charge on any atom is -0.471 e.